The van der Waals surface area contributed by atoms with E-state index in [1.807, 2.05) is 5.38 Å². The van der Waals surface area contributed by atoms with Crippen molar-refractivity contribution in [3.8, 4) is 0 Å². The van der Waals surface area contributed by atoms with Crippen LogP contribution in [0.2, 0.25) is 0 Å². The van der Waals surface area contributed by atoms with Gasteiger partial charge in [-0.1, -0.05) is 0 Å². The summed E-state index contributed by atoms with van der Waals surface area (Å²) in [5, 5.41) is 11.2. The van der Waals surface area contributed by atoms with Gasteiger partial charge < -0.3 is 5.11 Å². The number of rotatable bonds is 6. The molecule has 0 atom stereocenters. The van der Waals surface area contributed by atoms with Crippen LogP contribution in [0.15, 0.2) is 11.6 Å². The summed E-state index contributed by atoms with van der Waals surface area (Å²) in [6.07, 6.45) is 2.27. The lowest BCUT2D eigenvalue weighted by Crippen LogP contribution is -2.29. The zero-order valence-corrected chi connectivity index (χ0v) is 9.14. The van der Waals surface area contributed by atoms with E-state index in [0.717, 1.165) is 5.01 Å². The van der Waals surface area contributed by atoms with Gasteiger partial charge in [-0.05, 0) is 0 Å². The summed E-state index contributed by atoms with van der Waals surface area (Å²) in [4.78, 5) is 4.02. The standard InChI is InChI=1S/C7H12N2O3S2/c10-4-6-14(11,12)9-2-1-7-8-3-5-13-7/h3,5,9-10H,1-2,4,6H2. The Labute approximate surface area is 86.9 Å². The van der Waals surface area contributed by atoms with Crippen molar-refractivity contribution < 1.29 is 13.5 Å². The smallest absolute Gasteiger partial charge is 0.213 e. The van der Waals surface area contributed by atoms with Crippen molar-refractivity contribution in [1.29, 1.82) is 0 Å². The number of nitrogens with zero attached hydrogens (tertiary/aromatic N) is 1. The fourth-order valence-corrected chi connectivity index (χ4v) is 2.30. The first-order valence-corrected chi connectivity index (χ1v) is 6.64. The van der Waals surface area contributed by atoms with E-state index in [-0.39, 0.29) is 12.4 Å². The number of sulfonamides is 1. The molecule has 1 heterocycles. The summed E-state index contributed by atoms with van der Waals surface area (Å²) in [5.74, 6) is -0.245. The second kappa shape index (κ2) is 5.40. The monoisotopic (exact) mass is 236 g/mol. The van der Waals surface area contributed by atoms with Crippen LogP contribution in [-0.2, 0) is 16.4 Å². The number of hydrogen-bond acceptors (Lipinski definition) is 5. The van der Waals surface area contributed by atoms with E-state index >= 15 is 0 Å². The highest BCUT2D eigenvalue weighted by Gasteiger charge is 2.08. The number of thiazole rings is 1. The maximum atomic E-state index is 11.1. The van der Waals surface area contributed by atoms with Crippen LogP contribution in [0.1, 0.15) is 5.01 Å². The summed E-state index contributed by atoms with van der Waals surface area (Å²) in [6.45, 7) is -0.0254. The second-order valence-corrected chi connectivity index (χ2v) is 5.52. The molecule has 0 spiro atoms. The van der Waals surface area contributed by atoms with E-state index in [1.54, 1.807) is 6.20 Å². The lowest BCUT2D eigenvalue weighted by atomic mass is 10.5. The van der Waals surface area contributed by atoms with Crippen molar-refractivity contribution in [3.05, 3.63) is 16.6 Å². The topological polar surface area (TPSA) is 79.3 Å². The van der Waals surface area contributed by atoms with Gasteiger partial charge in [0.1, 0.15) is 0 Å². The van der Waals surface area contributed by atoms with Gasteiger partial charge in [0.15, 0.2) is 0 Å². The van der Waals surface area contributed by atoms with Gasteiger partial charge in [-0.2, -0.15) is 0 Å². The highest BCUT2D eigenvalue weighted by atomic mass is 32.2. The molecule has 0 saturated heterocycles. The van der Waals surface area contributed by atoms with Crippen molar-refractivity contribution in [2.45, 2.75) is 6.42 Å². The molecule has 0 fully saturated rings. The Morgan fingerprint density at radius 1 is 1.57 bits per heavy atom. The van der Waals surface area contributed by atoms with Gasteiger partial charge in [-0.25, -0.2) is 18.1 Å². The highest BCUT2D eigenvalue weighted by Crippen LogP contribution is 2.03. The predicted octanol–water partition coefficient (Wildman–Crippen LogP) is -0.403. The summed E-state index contributed by atoms with van der Waals surface area (Å²) in [7, 11) is -3.31. The molecule has 0 aliphatic rings. The van der Waals surface area contributed by atoms with Crippen LogP contribution < -0.4 is 4.72 Å². The third-order valence-corrected chi connectivity index (χ3v) is 3.71. The van der Waals surface area contributed by atoms with E-state index in [1.165, 1.54) is 11.3 Å². The molecule has 0 unspecified atom stereocenters. The third kappa shape index (κ3) is 4.14. The van der Waals surface area contributed by atoms with Crippen LogP contribution in [0.3, 0.4) is 0 Å². The molecule has 0 radical (unpaired) electrons. The molecule has 1 aromatic heterocycles. The number of aromatic nitrogens is 1. The molecule has 1 rings (SSSR count). The molecular weight excluding hydrogens is 224 g/mol. The highest BCUT2D eigenvalue weighted by molar-refractivity contribution is 7.89. The minimum atomic E-state index is -3.31. The van der Waals surface area contributed by atoms with Crippen LogP contribution in [0, 0.1) is 0 Å². The first-order valence-electron chi connectivity index (χ1n) is 4.10. The molecular formula is C7H12N2O3S2. The first-order chi connectivity index (χ1) is 6.64. The van der Waals surface area contributed by atoms with Crippen LogP contribution >= 0.6 is 11.3 Å². The van der Waals surface area contributed by atoms with Gasteiger partial charge in [0.2, 0.25) is 10.0 Å². The zero-order chi connectivity index (χ0) is 10.4. The van der Waals surface area contributed by atoms with Gasteiger partial charge in [0, 0.05) is 24.5 Å². The Balaban J connectivity index is 2.28. The largest absolute Gasteiger partial charge is 0.395 e. The van der Waals surface area contributed by atoms with E-state index in [9.17, 15) is 8.42 Å². The van der Waals surface area contributed by atoms with Gasteiger partial charge in [-0.15, -0.1) is 11.3 Å². The number of aliphatic hydroxyl groups is 1. The minimum absolute atomic E-state index is 0.245. The summed E-state index contributed by atoms with van der Waals surface area (Å²) in [6, 6.07) is 0. The molecule has 0 aliphatic heterocycles. The summed E-state index contributed by atoms with van der Waals surface area (Å²) in [5.41, 5.74) is 0. The third-order valence-electron chi connectivity index (χ3n) is 1.50. The van der Waals surface area contributed by atoms with Gasteiger partial charge >= 0.3 is 0 Å². The Bertz CT molecular complexity index is 347. The SMILES string of the molecule is O=S(=O)(CCO)NCCc1nccs1. The lowest BCUT2D eigenvalue weighted by molar-refractivity contribution is 0.319. The Hall–Kier alpha value is -0.500. The fraction of sp³-hybridized carbons (Fsp3) is 0.571. The molecule has 0 bridgehead atoms. The normalized spacial score (nSPS) is 11.8. The van der Waals surface area contributed by atoms with E-state index in [0.29, 0.717) is 13.0 Å². The Morgan fingerprint density at radius 3 is 2.93 bits per heavy atom. The number of hydrogen-bond donors (Lipinski definition) is 2. The minimum Gasteiger partial charge on any atom is -0.395 e. The van der Waals surface area contributed by atoms with Crippen LogP contribution in [0.4, 0.5) is 0 Å². The van der Waals surface area contributed by atoms with E-state index in [4.69, 9.17) is 5.11 Å². The van der Waals surface area contributed by atoms with Gasteiger partial charge in [-0.3, -0.25) is 0 Å². The van der Waals surface area contributed by atoms with Crippen molar-refractivity contribution in [3.63, 3.8) is 0 Å². The maximum absolute atomic E-state index is 11.1. The maximum Gasteiger partial charge on any atom is 0.213 e. The van der Waals surface area contributed by atoms with Crippen LogP contribution in [-0.4, -0.2) is 37.4 Å². The van der Waals surface area contributed by atoms with Crippen molar-refractivity contribution >= 4 is 21.4 Å². The molecule has 0 saturated carbocycles. The number of aliphatic hydroxyl groups excluding tert-OH is 1. The van der Waals surface area contributed by atoms with Gasteiger partial charge in [0.05, 0.1) is 17.4 Å². The average Bonchev–Trinajstić information content (AvgIpc) is 2.56. The number of nitrogens with one attached hydrogen (secondary N) is 1. The molecule has 1 aromatic rings. The summed E-state index contributed by atoms with van der Waals surface area (Å²) < 4.78 is 24.5. The van der Waals surface area contributed by atoms with E-state index < -0.39 is 10.0 Å². The van der Waals surface area contributed by atoms with Crippen molar-refractivity contribution in [1.82, 2.24) is 9.71 Å². The predicted molar refractivity (Wildman–Crippen MR) is 54.7 cm³/mol. The molecule has 0 aliphatic carbocycles. The zero-order valence-electron chi connectivity index (χ0n) is 7.51. The van der Waals surface area contributed by atoms with Crippen molar-refractivity contribution in [2.24, 2.45) is 0 Å². The molecule has 0 amide bonds. The van der Waals surface area contributed by atoms with E-state index in [2.05, 4.69) is 9.71 Å². The lowest BCUT2D eigenvalue weighted by Gasteiger charge is -2.02. The molecule has 7 heteroatoms. The van der Waals surface area contributed by atoms with Crippen LogP contribution in [0.5, 0.6) is 0 Å². The molecule has 14 heavy (non-hydrogen) atoms. The first kappa shape index (κ1) is 11.6. The Morgan fingerprint density at radius 2 is 2.36 bits per heavy atom. The Kier molecular flexibility index (Phi) is 4.46. The fourth-order valence-electron chi connectivity index (χ4n) is 0.882. The molecule has 5 nitrogen and oxygen atoms in total. The van der Waals surface area contributed by atoms with Crippen molar-refractivity contribution in [2.75, 3.05) is 18.9 Å². The van der Waals surface area contributed by atoms with Crippen LogP contribution in [0.25, 0.3) is 0 Å². The molecule has 2 N–H and O–H groups in total. The molecule has 80 valence electrons. The average molecular weight is 236 g/mol. The van der Waals surface area contributed by atoms with Gasteiger partial charge in [0.25, 0.3) is 0 Å². The summed E-state index contributed by atoms with van der Waals surface area (Å²) >= 11 is 1.49. The second-order valence-electron chi connectivity index (χ2n) is 2.61. The quantitative estimate of drug-likeness (QED) is 0.704. The molecule has 0 aromatic carbocycles.